The second kappa shape index (κ2) is 10.6. The van der Waals surface area contributed by atoms with Crippen molar-refractivity contribution >= 4 is 29.0 Å². The monoisotopic (exact) mass is 503 g/mol. The fourth-order valence-electron chi connectivity index (χ4n) is 3.66. The Labute approximate surface area is 206 Å². The number of hydrogen-bond acceptors (Lipinski definition) is 6. The molecule has 3 rings (SSSR count). The van der Waals surface area contributed by atoms with E-state index in [0.29, 0.717) is 17.1 Å². The topological polar surface area (TPSA) is 153 Å². The van der Waals surface area contributed by atoms with Crippen molar-refractivity contribution in [3.05, 3.63) is 64.9 Å². The highest BCUT2D eigenvalue weighted by atomic mass is 19.4. The number of phenols is 1. The average molecular weight is 504 g/mol. The fraction of sp³-hybridized carbons (Fsp3) is 0.292. The Bertz CT molecular complexity index is 1220. The van der Waals surface area contributed by atoms with Crippen molar-refractivity contribution in [3.8, 4) is 5.75 Å². The molecule has 0 unspecified atom stereocenters. The molecule has 0 atom stereocenters. The van der Waals surface area contributed by atoms with E-state index in [2.05, 4.69) is 15.6 Å². The van der Waals surface area contributed by atoms with Crippen LogP contribution in [0.3, 0.4) is 0 Å². The number of hydrogen-bond donors (Lipinski definition) is 6. The molecule has 8 N–H and O–H groups in total. The fourth-order valence-corrected chi connectivity index (χ4v) is 3.66. The average Bonchev–Trinajstić information content (AvgIpc) is 2.76. The lowest BCUT2D eigenvalue weighted by Crippen LogP contribution is -2.44. The van der Waals surface area contributed by atoms with Gasteiger partial charge in [-0.3, -0.25) is 15.2 Å². The lowest BCUT2D eigenvalue weighted by molar-refractivity contribution is -0.137. The van der Waals surface area contributed by atoms with Gasteiger partial charge in [0.05, 0.1) is 29.9 Å². The molecule has 36 heavy (non-hydrogen) atoms. The van der Waals surface area contributed by atoms with Crippen molar-refractivity contribution < 1.29 is 23.1 Å². The number of carbonyl (C=O) groups is 1. The summed E-state index contributed by atoms with van der Waals surface area (Å²) in [5, 5.41) is 23.1. The minimum absolute atomic E-state index is 0.0343. The standard InChI is InChI=1S/C24H28F3N7O2/c1-13(2)33-21-11-34(12-22(36)32-9-14-3-4-18(23(29)30)20(35)5-14)19(10-31-21)15-6-16(24(25,26)27)8-17(28)7-15/h3-8,10,13,35H,9,11-12,28H2,1-2H3,(H3,29,30)(H,31,33)(H,32,36). The summed E-state index contributed by atoms with van der Waals surface area (Å²) in [7, 11) is 0. The van der Waals surface area contributed by atoms with E-state index < -0.39 is 17.6 Å². The molecule has 0 saturated heterocycles. The third-order valence-corrected chi connectivity index (χ3v) is 5.23. The Kier molecular flexibility index (Phi) is 7.76. The smallest absolute Gasteiger partial charge is 0.416 e. The molecule has 1 aliphatic heterocycles. The van der Waals surface area contributed by atoms with Crippen LogP contribution in [0.4, 0.5) is 18.9 Å². The van der Waals surface area contributed by atoms with Crippen LogP contribution in [0.25, 0.3) is 5.70 Å². The van der Waals surface area contributed by atoms with Crippen LogP contribution in [0.1, 0.15) is 36.1 Å². The first-order chi connectivity index (χ1) is 16.8. The first-order valence-corrected chi connectivity index (χ1v) is 11.0. The minimum Gasteiger partial charge on any atom is -0.507 e. The summed E-state index contributed by atoms with van der Waals surface area (Å²) >= 11 is 0. The van der Waals surface area contributed by atoms with Crippen molar-refractivity contribution in [3.63, 3.8) is 0 Å². The number of rotatable bonds is 7. The number of anilines is 1. The molecule has 1 heterocycles. The van der Waals surface area contributed by atoms with Gasteiger partial charge in [-0.05, 0) is 49.7 Å². The van der Waals surface area contributed by atoms with Gasteiger partial charge in [-0.15, -0.1) is 0 Å². The number of alkyl halides is 3. The summed E-state index contributed by atoms with van der Waals surface area (Å²) in [5.74, 6) is -0.304. The molecular weight excluding hydrogens is 475 g/mol. The van der Waals surface area contributed by atoms with Gasteiger partial charge < -0.3 is 32.1 Å². The normalized spacial score (nSPS) is 15.0. The van der Waals surface area contributed by atoms with E-state index in [1.54, 1.807) is 11.0 Å². The van der Waals surface area contributed by atoms with Gasteiger partial charge in [0.15, 0.2) is 0 Å². The number of aromatic hydroxyl groups is 1. The number of phenolic OH excluding ortho intramolecular Hbond substituents is 1. The number of amidine groups is 2. The molecule has 0 bridgehead atoms. The minimum atomic E-state index is -4.58. The largest absolute Gasteiger partial charge is 0.507 e. The van der Waals surface area contributed by atoms with E-state index in [9.17, 15) is 23.1 Å². The van der Waals surface area contributed by atoms with Crippen LogP contribution >= 0.6 is 0 Å². The van der Waals surface area contributed by atoms with Gasteiger partial charge in [0.1, 0.15) is 17.4 Å². The molecule has 1 amide bonds. The van der Waals surface area contributed by atoms with Crippen LogP contribution < -0.4 is 22.1 Å². The number of aliphatic imine (C=N–C) groups is 1. The van der Waals surface area contributed by atoms with Crippen LogP contribution in [0.15, 0.2) is 47.6 Å². The van der Waals surface area contributed by atoms with E-state index in [1.807, 2.05) is 13.8 Å². The summed E-state index contributed by atoms with van der Waals surface area (Å²) < 4.78 is 40.1. The van der Waals surface area contributed by atoms with Gasteiger partial charge in [0.2, 0.25) is 5.91 Å². The second-order valence-electron chi connectivity index (χ2n) is 8.58. The molecule has 0 saturated carbocycles. The Morgan fingerprint density at radius 3 is 2.61 bits per heavy atom. The number of carbonyl (C=O) groups excluding carboxylic acids is 1. The second-order valence-corrected chi connectivity index (χ2v) is 8.58. The van der Waals surface area contributed by atoms with E-state index in [-0.39, 0.29) is 54.1 Å². The van der Waals surface area contributed by atoms with Crippen LogP contribution in [0, 0.1) is 5.41 Å². The summed E-state index contributed by atoms with van der Waals surface area (Å²) in [4.78, 5) is 18.8. The number of nitrogens with zero attached hydrogens (tertiary/aromatic N) is 2. The van der Waals surface area contributed by atoms with Crippen molar-refractivity contribution in [1.82, 2.24) is 15.5 Å². The third-order valence-electron chi connectivity index (χ3n) is 5.23. The molecule has 12 heteroatoms. The van der Waals surface area contributed by atoms with Crippen LogP contribution in [-0.2, 0) is 17.5 Å². The summed E-state index contributed by atoms with van der Waals surface area (Å²) in [6.45, 7) is 3.84. The third kappa shape index (κ3) is 6.68. The first-order valence-electron chi connectivity index (χ1n) is 11.0. The number of benzene rings is 2. The predicted octanol–water partition coefficient (Wildman–Crippen LogP) is 2.60. The maximum absolute atomic E-state index is 13.4. The zero-order valence-corrected chi connectivity index (χ0v) is 19.8. The Balaban J connectivity index is 1.82. The molecule has 0 fully saturated rings. The molecule has 2 aromatic rings. The van der Waals surface area contributed by atoms with E-state index in [0.717, 1.165) is 12.1 Å². The number of halogens is 3. The summed E-state index contributed by atoms with van der Waals surface area (Å²) in [6, 6.07) is 7.71. The highest BCUT2D eigenvalue weighted by Gasteiger charge is 2.32. The van der Waals surface area contributed by atoms with Crippen LogP contribution in [0.5, 0.6) is 5.75 Å². The van der Waals surface area contributed by atoms with E-state index in [4.69, 9.17) is 16.9 Å². The zero-order valence-electron chi connectivity index (χ0n) is 19.8. The number of nitrogen functional groups attached to an aromatic ring is 2. The molecule has 192 valence electrons. The lowest BCUT2D eigenvalue weighted by atomic mass is 10.0. The Hall–Kier alpha value is -4.22. The van der Waals surface area contributed by atoms with Gasteiger partial charge in [-0.2, -0.15) is 13.2 Å². The zero-order chi connectivity index (χ0) is 26.6. The molecule has 0 aromatic heterocycles. The number of nitrogens with one attached hydrogen (secondary N) is 3. The molecular formula is C24H28F3N7O2. The number of nitrogens with two attached hydrogens (primary N) is 2. The Morgan fingerprint density at radius 2 is 2.00 bits per heavy atom. The first kappa shape index (κ1) is 26.4. The van der Waals surface area contributed by atoms with Crippen molar-refractivity contribution in [1.29, 1.82) is 5.41 Å². The molecule has 0 radical (unpaired) electrons. The van der Waals surface area contributed by atoms with Crippen molar-refractivity contribution in [2.24, 2.45) is 10.7 Å². The predicted molar refractivity (Wildman–Crippen MR) is 132 cm³/mol. The maximum atomic E-state index is 13.4. The molecule has 0 spiro atoms. The van der Waals surface area contributed by atoms with E-state index in [1.165, 1.54) is 24.4 Å². The van der Waals surface area contributed by atoms with Gasteiger partial charge in [-0.25, -0.2) is 0 Å². The van der Waals surface area contributed by atoms with Gasteiger partial charge in [-0.1, -0.05) is 6.07 Å². The molecule has 2 aromatic carbocycles. The highest BCUT2D eigenvalue weighted by Crippen LogP contribution is 2.34. The van der Waals surface area contributed by atoms with Gasteiger partial charge in [0, 0.05) is 30.0 Å². The molecule has 9 nitrogen and oxygen atoms in total. The van der Waals surface area contributed by atoms with Crippen molar-refractivity contribution in [2.75, 3.05) is 18.8 Å². The van der Waals surface area contributed by atoms with Crippen LogP contribution in [-0.4, -0.2) is 46.7 Å². The Morgan fingerprint density at radius 1 is 1.28 bits per heavy atom. The summed E-state index contributed by atoms with van der Waals surface area (Å²) in [5.41, 5.74) is 11.5. The van der Waals surface area contributed by atoms with Gasteiger partial charge in [0.25, 0.3) is 0 Å². The van der Waals surface area contributed by atoms with E-state index >= 15 is 0 Å². The maximum Gasteiger partial charge on any atom is 0.416 e. The molecule has 0 aliphatic carbocycles. The highest BCUT2D eigenvalue weighted by molar-refractivity contribution is 5.97. The van der Waals surface area contributed by atoms with Crippen LogP contribution in [0.2, 0.25) is 0 Å². The number of amides is 1. The van der Waals surface area contributed by atoms with Gasteiger partial charge >= 0.3 is 6.18 Å². The SMILES string of the molecule is CC(C)N=C1CN(CC(=O)NCc2ccc(C(=N)N)c(O)c2)C(c2cc(N)cc(C(F)(F)F)c2)=CN1. The quantitative estimate of drug-likeness (QED) is 0.194. The summed E-state index contributed by atoms with van der Waals surface area (Å²) in [6.07, 6.45) is -3.08. The molecule has 1 aliphatic rings. The lowest BCUT2D eigenvalue weighted by Gasteiger charge is -2.32. The van der Waals surface area contributed by atoms with Crippen molar-refractivity contribution in [2.45, 2.75) is 32.6 Å².